The predicted octanol–water partition coefficient (Wildman–Crippen LogP) is 5.78. The van der Waals surface area contributed by atoms with Crippen LogP contribution in [0, 0.1) is 0 Å². The fraction of sp³-hybridized carbons (Fsp3) is 0.289. The summed E-state index contributed by atoms with van der Waals surface area (Å²) >= 11 is 0. The Kier molecular flexibility index (Phi) is 10.5. The second-order valence-corrected chi connectivity index (χ2v) is 11.4. The number of carbonyl (C=O) groups excluding carboxylic acids is 1. The van der Waals surface area contributed by atoms with Gasteiger partial charge in [0.15, 0.2) is 0 Å². The Bertz CT molecular complexity index is 1500. The zero-order valence-electron chi connectivity index (χ0n) is 25.2. The lowest BCUT2D eigenvalue weighted by molar-refractivity contribution is -0.294. The van der Waals surface area contributed by atoms with Gasteiger partial charge in [0.25, 0.3) is 0 Å². The Labute approximate surface area is 264 Å². The third-order valence-corrected chi connectivity index (χ3v) is 8.13. The first-order valence-corrected chi connectivity index (χ1v) is 15.4. The van der Waals surface area contributed by atoms with Gasteiger partial charge in [-0.05, 0) is 28.3 Å². The number of hydrogen-bond acceptors (Lipinski definition) is 6. The molecule has 4 aromatic carbocycles. The van der Waals surface area contributed by atoms with E-state index in [1.54, 1.807) is 0 Å². The SMILES string of the molecule is O=C1C=C[C@]2(CN1)O[C@H](COCc1ccccc1)[C@@H](OCc1ccccc1)[C@H](OCc1ccccc1)[C@H]2OCc1ccccc1. The molecule has 45 heavy (non-hydrogen) atoms. The highest BCUT2D eigenvalue weighted by molar-refractivity contribution is 5.88. The Hall–Kier alpha value is -4.11. The number of carbonyl (C=O) groups is 1. The topological polar surface area (TPSA) is 75.3 Å². The van der Waals surface area contributed by atoms with Crippen LogP contribution in [-0.2, 0) is 54.9 Å². The molecule has 0 aromatic heterocycles. The monoisotopic (exact) mass is 605 g/mol. The Balaban J connectivity index is 1.33. The van der Waals surface area contributed by atoms with Gasteiger partial charge in [-0.1, -0.05) is 121 Å². The molecule has 0 aliphatic carbocycles. The van der Waals surface area contributed by atoms with Crippen LogP contribution in [0.5, 0.6) is 0 Å². The first kappa shape index (κ1) is 30.9. The third-order valence-electron chi connectivity index (χ3n) is 8.13. The lowest BCUT2D eigenvalue weighted by Gasteiger charge is -2.52. The van der Waals surface area contributed by atoms with Gasteiger partial charge in [-0.2, -0.15) is 0 Å². The second-order valence-electron chi connectivity index (χ2n) is 11.4. The van der Waals surface area contributed by atoms with Gasteiger partial charge >= 0.3 is 0 Å². The predicted molar refractivity (Wildman–Crippen MR) is 171 cm³/mol. The molecule has 5 atom stereocenters. The third kappa shape index (κ3) is 8.14. The van der Waals surface area contributed by atoms with Crippen molar-refractivity contribution in [1.29, 1.82) is 0 Å². The van der Waals surface area contributed by atoms with Crippen LogP contribution in [0.4, 0.5) is 0 Å². The van der Waals surface area contributed by atoms with Gasteiger partial charge < -0.3 is 29.0 Å². The Morgan fingerprint density at radius 3 is 1.58 bits per heavy atom. The minimum Gasteiger partial charge on any atom is -0.374 e. The van der Waals surface area contributed by atoms with Gasteiger partial charge in [0.1, 0.15) is 30.0 Å². The molecule has 7 nitrogen and oxygen atoms in total. The highest BCUT2D eigenvalue weighted by atomic mass is 16.6. The van der Waals surface area contributed by atoms with Crippen LogP contribution >= 0.6 is 0 Å². The number of rotatable bonds is 13. The number of benzene rings is 4. The highest BCUT2D eigenvalue weighted by Gasteiger charge is 2.56. The molecule has 2 heterocycles. The van der Waals surface area contributed by atoms with Gasteiger partial charge in [0.2, 0.25) is 5.91 Å². The summed E-state index contributed by atoms with van der Waals surface area (Å²) in [6.07, 6.45) is 1.11. The van der Waals surface area contributed by atoms with Crippen molar-refractivity contribution in [1.82, 2.24) is 5.32 Å². The molecule has 7 heteroatoms. The normalized spacial score (nSPS) is 24.4. The van der Waals surface area contributed by atoms with Crippen LogP contribution in [0.15, 0.2) is 133 Å². The van der Waals surface area contributed by atoms with E-state index in [0.29, 0.717) is 26.4 Å². The largest absolute Gasteiger partial charge is 0.374 e. The van der Waals surface area contributed by atoms with Gasteiger partial charge in [-0.25, -0.2) is 0 Å². The zero-order valence-corrected chi connectivity index (χ0v) is 25.2. The molecule has 1 spiro atoms. The first-order valence-electron chi connectivity index (χ1n) is 15.4. The molecule has 4 aromatic rings. The summed E-state index contributed by atoms with van der Waals surface area (Å²) in [4.78, 5) is 12.3. The van der Waals surface area contributed by atoms with Crippen molar-refractivity contribution < 1.29 is 28.5 Å². The van der Waals surface area contributed by atoms with Crippen LogP contribution in [0.25, 0.3) is 0 Å². The zero-order chi connectivity index (χ0) is 30.7. The van der Waals surface area contributed by atoms with E-state index in [9.17, 15) is 4.79 Å². The maximum atomic E-state index is 12.3. The molecule has 1 amide bonds. The number of nitrogens with one attached hydrogen (secondary N) is 1. The van der Waals surface area contributed by atoms with E-state index in [4.69, 9.17) is 23.7 Å². The fourth-order valence-electron chi connectivity index (χ4n) is 5.82. The Morgan fingerprint density at radius 1 is 0.622 bits per heavy atom. The van der Waals surface area contributed by atoms with Crippen molar-refractivity contribution in [3.8, 4) is 0 Å². The second kappa shape index (κ2) is 15.3. The van der Waals surface area contributed by atoms with Crippen LogP contribution < -0.4 is 5.32 Å². The number of ether oxygens (including phenoxy) is 5. The molecule has 6 rings (SSSR count). The van der Waals surface area contributed by atoms with Crippen molar-refractivity contribution >= 4 is 5.91 Å². The molecule has 0 saturated carbocycles. The first-order chi connectivity index (χ1) is 22.2. The van der Waals surface area contributed by atoms with E-state index in [1.807, 2.05) is 127 Å². The Morgan fingerprint density at radius 2 is 1.09 bits per heavy atom. The lowest BCUT2D eigenvalue weighted by atomic mass is 9.82. The van der Waals surface area contributed by atoms with Crippen molar-refractivity contribution in [3.05, 3.63) is 156 Å². The quantitative estimate of drug-likeness (QED) is 0.208. The molecule has 1 fully saturated rings. The molecule has 0 radical (unpaired) electrons. The molecular weight excluding hydrogens is 566 g/mol. The molecule has 0 unspecified atom stereocenters. The standard InChI is InChI=1S/C38H39NO6/c40-34-21-22-38(28-39-34)37(44-26-32-19-11-4-12-20-32)36(43-25-31-17-9-3-10-18-31)35(42-24-30-15-7-2-8-16-30)33(45-38)27-41-23-29-13-5-1-6-14-29/h1-22,33,35-37H,23-28H2,(H,39,40)/t33-,35-,36+,37-,38-/m1/s1. The molecule has 2 aliphatic heterocycles. The van der Waals surface area contributed by atoms with E-state index in [2.05, 4.69) is 5.32 Å². The van der Waals surface area contributed by atoms with E-state index in [0.717, 1.165) is 22.3 Å². The summed E-state index contributed by atoms with van der Waals surface area (Å²) in [7, 11) is 0. The van der Waals surface area contributed by atoms with E-state index in [-0.39, 0.29) is 19.1 Å². The number of hydrogen-bond donors (Lipinski definition) is 1. The van der Waals surface area contributed by atoms with Crippen LogP contribution in [0.1, 0.15) is 22.3 Å². The number of amides is 1. The summed E-state index contributed by atoms with van der Waals surface area (Å²) in [6.45, 7) is 1.97. The molecule has 2 aliphatic rings. The summed E-state index contributed by atoms with van der Waals surface area (Å²) < 4.78 is 33.4. The summed E-state index contributed by atoms with van der Waals surface area (Å²) in [5.74, 6) is -0.174. The van der Waals surface area contributed by atoms with E-state index >= 15 is 0 Å². The smallest absolute Gasteiger partial charge is 0.243 e. The highest BCUT2D eigenvalue weighted by Crippen LogP contribution is 2.38. The van der Waals surface area contributed by atoms with Gasteiger partial charge in [-0.15, -0.1) is 0 Å². The lowest BCUT2D eigenvalue weighted by Crippen LogP contribution is -2.70. The van der Waals surface area contributed by atoms with E-state index in [1.165, 1.54) is 6.08 Å². The van der Waals surface area contributed by atoms with Crippen LogP contribution in [-0.4, -0.2) is 49.1 Å². The summed E-state index contributed by atoms with van der Waals surface area (Å²) in [6, 6.07) is 40.2. The fourth-order valence-corrected chi connectivity index (χ4v) is 5.82. The van der Waals surface area contributed by atoms with Crippen molar-refractivity contribution in [3.63, 3.8) is 0 Å². The molecule has 1 saturated heterocycles. The van der Waals surface area contributed by atoms with Gasteiger partial charge in [0, 0.05) is 6.08 Å². The maximum absolute atomic E-state index is 12.3. The maximum Gasteiger partial charge on any atom is 0.243 e. The molecule has 0 bridgehead atoms. The minimum atomic E-state index is -1.00. The van der Waals surface area contributed by atoms with Crippen LogP contribution in [0.3, 0.4) is 0 Å². The average molecular weight is 606 g/mol. The summed E-state index contributed by atoms with van der Waals surface area (Å²) in [5.41, 5.74) is 3.15. The molecule has 232 valence electrons. The van der Waals surface area contributed by atoms with Crippen molar-refractivity contribution in [2.75, 3.05) is 13.2 Å². The van der Waals surface area contributed by atoms with E-state index < -0.39 is 30.0 Å². The minimum absolute atomic E-state index is 0.174. The molecule has 1 N–H and O–H groups in total. The summed E-state index contributed by atoms with van der Waals surface area (Å²) in [5, 5.41) is 2.97. The van der Waals surface area contributed by atoms with Crippen molar-refractivity contribution in [2.24, 2.45) is 0 Å². The van der Waals surface area contributed by atoms with Crippen LogP contribution in [0.2, 0.25) is 0 Å². The van der Waals surface area contributed by atoms with Gasteiger partial charge in [-0.3, -0.25) is 4.79 Å². The van der Waals surface area contributed by atoms with Gasteiger partial charge in [0.05, 0.1) is 39.6 Å². The molecular formula is C38H39NO6. The van der Waals surface area contributed by atoms with Crippen molar-refractivity contribution in [2.45, 2.75) is 56.4 Å². The average Bonchev–Trinajstić information content (AvgIpc) is 3.09.